The minimum absolute atomic E-state index is 0.628. The van der Waals surface area contributed by atoms with Gasteiger partial charge in [0.25, 0.3) is 0 Å². The molecule has 0 spiro atoms. The fourth-order valence-electron chi connectivity index (χ4n) is 4.23. The first-order valence-corrected chi connectivity index (χ1v) is 8.39. The molecule has 0 radical (unpaired) electrons. The SMILES string of the molecule is C1=CC2C3C=CC=CC3N(CCCCC3CC3)C2C=C1. The molecule has 1 heterocycles. The van der Waals surface area contributed by atoms with E-state index in [-0.39, 0.29) is 0 Å². The minimum Gasteiger partial charge on any atom is -0.289 e. The van der Waals surface area contributed by atoms with Crippen LogP contribution in [0.4, 0.5) is 0 Å². The second-order valence-electron chi connectivity index (χ2n) is 6.85. The van der Waals surface area contributed by atoms with E-state index in [1.807, 2.05) is 0 Å². The third-order valence-electron chi connectivity index (χ3n) is 5.48. The first-order valence-electron chi connectivity index (χ1n) is 8.39. The zero-order chi connectivity index (χ0) is 13.4. The molecule has 0 aromatic rings. The number of nitrogens with zero attached hydrogens (tertiary/aromatic N) is 1. The van der Waals surface area contributed by atoms with E-state index in [4.69, 9.17) is 0 Å². The molecule has 0 amide bonds. The summed E-state index contributed by atoms with van der Waals surface area (Å²) in [6.45, 7) is 1.27. The molecule has 1 saturated carbocycles. The molecule has 1 saturated heterocycles. The second-order valence-corrected chi connectivity index (χ2v) is 6.85. The van der Waals surface area contributed by atoms with Gasteiger partial charge >= 0.3 is 0 Å². The van der Waals surface area contributed by atoms with Gasteiger partial charge in [-0.25, -0.2) is 0 Å². The highest BCUT2D eigenvalue weighted by Crippen LogP contribution is 2.42. The van der Waals surface area contributed by atoms with E-state index >= 15 is 0 Å². The molecule has 4 unspecified atom stereocenters. The Bertz CT molecular complexity index is 432. The lowest BCUT2D eigenvalue weighted by atomic mass is 9.83. The van der Waals surface area contributed by atoms with Crippen molar-refractivity contribution in [1.82, 2.24) is 4.90 Å². The molecule has 0 N–H and O–H groups in total. The van der Waals surface area contributed by atoms with Gasteiger partial charge in [0.1, 0.15) is 0 Å². The summed E-state index contributed by atoms with van der Waals surface area (Å²) in [5.74, 6) is 2.47. The van der Waals surface area contributed by atoms with E-state index in [0.717, 1.165) is 5.92 Å². The van der Waals surface area contributed by atoms with Crippen molar-refractivity contribution in [1.29, 1.82) is 0 Å². The van der Waals surface area contributed by atoms with Crippen molar-refractivity contribution in [2.24, 2.45) is 17.8 Å². The Hall–Kier alpha value is -1.08. The first kappa shape index (κ1) is 12.6. The minimum atomic E-state index is 0.628. The predicted molar refractivity (Wildman–Crippen MR) is 84.4 cm³/mol. The topological polar surface area (TPSA) is 3.24 Å². The fourth-order valence-corrected chi connectivity index (χ4v) is 4.23. The molecule has 4 rings (SSSR count). The quantitative estimate of drug-likeness (QED) is 0.678. The van der Waals surface area contributed by atoms with Crippen LogP contribution >= 0.6 is 0 Å². The van der Waals surface area contributed by atoms with Gasteiger partial charge in [-0.15, -0.1) is 0 Å². The van der Waals surface area contributed by atoms with Crippen molar-refractivity contribution >= 4 is 0 Å². The van der Waals surface area contributed by atoms with Crippen LogP contribution in [0.15, 0.2) is 48.6 Å². The van der Waals surface area contributed by atoms with Gasteiger partial charge in [-0.2, -0.15) is 0 Å². The van der Waals surface area contributed by atoms with Crippen molar-refractivity contribution < 1.29 is 0 Å². The molecule has 1 aliphatic heterocycles. The van der Waals surface area contributed by atoms with Crippen LogP contribution in [-0.4, -0.2) is 23.5 Å². The summed E-state index contributed by atoms with van der Waals surface area (Å²) in [6.07, 6.45) is 25.9. The highest BCUT2D eigenvalue weighted by Gasteiger charge is 2.44. The van der Waals surface area contributed by atoms with Crippen LogP contribution in [0.5, 0.6) is 0 Å². The zero-order valence-corrected chi connectivity index (χ0v) is 12.2. The molecule has 0 aromatic heterocycles. The van der Waals surface area contributed by atoms with Gasteiger partial charge in [0, 0.05) is 23.9 Å². The monoisotopic (exact) mass is 267 g/mol. The van der Waals surface area contributed by atoms with Gasteiger partial charge in [0.15, 0.2) is 0 Å². The number of likely N-dealkylation sites (tertiary alicyclic amines) is 1. The van der Waals surface area contributed by atoms with Crippen LogP contribution in [0, 0.1) is 17.8 Å². The van der Waals surface area contributed by atoms with Crippen LogP contribution in [0.25, 0.3) is 0 Å². The van der Waals surface area contributed by atoms with Gasteiger partial charge < -0.3 is 0 Å². The first-order chi connectivity index (χ1) is 9.93. The Morgan fingerprint density at radius 3 is 1.95 bits per heavy atom. The van der Waals surface area contributed by atoms with Crippen LogP contribution in [0.3, 0.4) is 0 Å². The standard InChI is InChI=1S/C19H25N/c1-3-10-18-16(8-1)17-9-2-4-11-19(17)20(18)14-6-5-7-15-12-13-15/h1-4,8-11,15-19H,5-7,12-14H2. The average Bonchev–Trinajstić information content (AvgIpc) is 3.27. The molecular formula is C19H25N. The Morgan fingerprint density at radius 1 is 0.750 bits per heavy atom. The number of hydrogen-bond donors (Lipinski definition) is 0. The van der Waals surface area contributed by atoms with E-state index in [9.17, 15) is 0 Å². The summed E-state index contributed by atoms with van der Waals surface area (Å²) >= 11 is 0. The van der Waals surface area contributed by atoms with Crippen molar-refractivity contribution in [3.63, 3.8) is 0 Å². The average molecular weight is 267 g/mol. The van der Waals surface area contributed by atoms with Gasteiger partial charge in [0.05, 0.1) is 0 Å². The lowest BCUT2D eigenvalue weighted by Gasteiger charge is -2.29. The number of fused-ring (bicyclic) bond motifs is 3. The Balaban J connectivity index is 1.42. The number of rotatable bonds is 5. The molecule has 2 fully saturated rings. The third kappa shape index (κ3) is 2.33. The number of hydrogen-bond acceptors (Lipinski definition) is 1. The van der Waals surface area contributed by atoms with Crippen molar-refractivity contribution in [3.8, 4) is 0 Å². The van der Waals surface area contributed by atoms with E-state index in [1.165, 1.54) is 38.6 Å². The van der Waals surface area contributed by atoms with Crippen molar-refractivity contribution in [2.75, 3.05) is 6.54 Å². The van der Waals surface area contributed by atoms with Crippen LogP contribution in [0.2, 0.25) is 0 Å². The normalized spacial score (nSPS) is 38.2. The van der Waals surface area contributed by atoms with Gasteiger partial charge in [-0.3, -0.25) is 4.90 Å². The summed E-state index contributed by atoms with van der Waals surface area (Å²) in [7, 11) is 0. The maximum absolute atomic E-state index is 2.75. The zero-order valence-electron chi connectivity index (χ0n) is 12.2. The summed E-state index contributed by atoms with van der Waals surface area (Å²) in [4.78, 5) is 2.75. The van der Waals surface area contributed by atoms with E-state index in [0.29, 0.717) is 23.9 Å². The molecule has 3 aliphatic carbocycles. The van der Waals surface area contributed by atoms with E-state index in [2.05, 4.69) is 53.5 Å². The molecule has 1 nitrogen and oxygen atoms in total. The Kier molecular flexibility index (Phi) is 3.39. The highest BCUT2D eigenvalue weighted by atomic mass is 15.2. The Labute approximate surface area is 122 Å². The maximum atomic E-state index is 2.75. The highest BCUT2D eigenvalue weighted by molar-refractivity contribution is 5.30. The van der Waals surface area contributed by atoms with E-state index in [1.54, 1.807) is 0 Å². The summed E-state index contributed by atoms with van der Waals surface area (Å²) in [5.41, 5.74) is 0. The molecule has 20 heavy (non-hydrogen) atoms. The molecule has 106 valence electrons. The maximum Gasteiger partial charge on any atom is 0.0356 e. The molecular weight excluding hydrogens is 242 g/mol. The third-order valence-corrected chi connectivity index (χ3v) is 5.48. The van der Waals surface area contributed by atoms with Crippen LogP contribution in [0.1, 0.15) is 32.1 Å². The summed E-state index contributed by atoms with van der Waals surface area (Å²) in [6, 6.07) is 1.26. The van der Waals surface area contributed by atoms with Gasteiger partial charge in [-0.1, -0.05) is 74.3 Å². The summed E-state index contributed by atoms with van der Waals surface area (Å²) in [5, 5.41) is 0. The lowest BCUT2D eigenvalue weighted by Crippen LogP contribution is -2.37. The van der Waals surface area contributed by atoms with Crippen molar-refractivity contribution in [2.45, 2.75) is 44.2 Å². The van der Waals surface area contributed by atoms with Gasteiger partial charge in [-0.05, 0) is 18.9 Å². The lowest BCUT2D eigenvalue weighted by molar-refractivity contribution is 0.229. The molecule has 4 atom stereocenters. The summed E-state index contributed by atoms with van der Waals surface area (Å²) < 4.78 is 0. The smallest absolute Gasteiger partial charge is 0.0356 e. The molecule has 0 bridgehead atoms. The molecule has 1 heteroatoms. The van der Waals surface area contributed by atoms with Gasteiger partial charge in [0.2, 0.25) is 0 Å². The molecule has 0 aromatic carbocycles. The van der Waals surface area contributed by atoms with Crippen LogP contribution < -0.4 is 0 Å². The predicted octanol–water partition coefficient (Wildman–Crippen LogP) is 4.10. The molecule has 4 aliphatic rings. The second kappa shape index (κ2) is 5.37. The number of allylic oxidation sites excluding steroid dienone is 4. The fraction of sp³-hybridized carbons (Fsp3) is 0.579. The number of unbranched alkanes of at least 4 members (excludes halogenated alkanes) is 1. The van der Waals surface area contributed by atoms with Crippen LogP contribution in [-0.2, 0) is 0 Å². The van der Waals surface area contributed by atoms with E-state index < -0.39 is 0 Å². The van der Waals surface area contributed by atoms with Crippen molar-refractivity contribution in [3.05, 3.63) is 48.6 Å². The largest absolute Gasteiger partial charge is 0.289 e. The Morgan fingerprint density at radius 2 is 1.35 bits per heavy atom.